The second-order valence-electron chi connectivity index (χ2n) is 7.54. The fourth-order valence-corrected chi connectivity index (χ4v) is 11.2. The summed E-state index contributed by atoms with van der Waals surface area (Å²) in [5.74, 6) is -1.33. The normalized spacial score (nSPS) is 11.9. The zero-order valence-corrected chi connectivity index (χ0v) is 26.0. The molecule has 1 N–H and O–H groups in total. The van der Waals surface area contributed by atoms with Gasteiger partial charge in [-0.15, -0.1) is 0 Å². The molecule has 0 aliphatic carbocycles. The molecule has 4 rings (SSSR count). The Morgan fingerprint density at radius 2 is 0.895 bits per heavy atom. The Morgan fingerprint density at radius 3 is 1.21 bits per heavy atom. The van der Waals surface area contributed by atoms with Crippen molar-refractivity contribution in [2.24, 2.45) is 0 Å². The second-order valence-corrected chi connectivity index (χ2v) is 13.8. The van der Waals surface area contributed by atoms with Crippen LogP contribution in [0.25, 0.3) is 0 Å². The van der Waals surface area contributed by atoms with Gasteiger partial charge in [-0.1, -0.05) is 117 Å². The fourth-order valence-electron chi connectivity index (χ4n) is 3.65. The van der Waals surface area contributed by atoms with Crippen LogP contribution in [0.15, 0.2) is 75.4 Å². The van der Waals surface area contributed by atoms with Gasteiger partial charge in [-0.05, 0) is 48.5 Å². The fraction of sp³-hybridized carbons (Fsp3) is 0. The summed E-state index contributed by atoms with van der Waals surface area (Å²) < 4.78 is 6.32. The third kappa shape index (κ3) is 5.64. The highest BCUT2D eigenvalue weighted by Crippen LogP contribution is 2.77. The highest BCUT2D eigenvalue weighted by atomic mass is 35.5. The first-order valence-corrected chi connectivity index (χ1v) is 15.1. The van der Waals surface area contributed by atoms with Crippen LogP contribution in [0.1, 0.15) is 10.4 Å². The van der Waals surface area contributed by atoms with Gasteiger partial charge in [0.2, 0.25) is 0 Å². The molecule has 0 atom stereocenters. The number of carbonyl (C=O) groups excluding carboxylic acids is 1. The van der Waals surface area contributed by atoms with Crippen molar-refractivity contribution < 1.29 is 14.1 Å². The summed E-state index contributed by atoms with van der Waals surface area (Å²) in [4.78, 5) is 14.0. The van der Waals surface area contributed by atoms with Gasteiger partial charge < -0.3 is 9.29 Å². The minimum Gasteiger partial charge on any atom is -0.507 e. The molecule has 0 bridgehead atoms. The van der Waals surface area contributed by atoms with Gasteiger partial charge in [0.1, 0.15) is 11.3 Å². The van der Waals surface area contributed by atoms with Crippen LogP contribution in [-0.4, -0.2) is 11.1 Å². The predicted octanol–water partition coefficient (Wildman–Crippen LogP) is 12.3. The van der Waals surface area contributed by atoms with E-state index in [1.807, 2.05) is 0 Å². The lowest BCUT2D eigenvalue weighted by Gasteiger charge is -2.42. The van der Waals surface area contributed by atoms with E-state index in [4.69, 9.17) is 109 Å². The Kier molecular flexibility index (Phi) is 9.43. The lowest BCUT2D eigenvalue weighted by molar-refractivity contribution is 0.0754. The van der Waals surface area contributed by atoms with Gasteiger partial charge in [-0.25, -0.2) is 4.79 Å². The molecule has 0 saturated carbocycles. The molecule has 13 heteroatoms. The Morgan fingerprint density at radius 1 is 0.579 bits per heavy atom. The van der Waals surface area contributed by atoms with Crippen LogP contribution in [0.5, 0.6) is 5.75 Å². The summed E-state index contributed by atoms with van der Waals surface area (Å²) in [7, 11) is -3.56. The number of hydrogen-bond acceptors (Lipinski definition) is 3. The van der Waals surface area contributed by atoms with Crippen molar-refractivity contribution in [2.75, 3.05) is 0 Å². The van der Waals surface area contributed by atoms with Crippen molar-refractivity contribution in [3.05, 3.63) is 111 Å². The van der Waals surface area contributed by atoms with Crippen molar-refractivity contribution in [3.8, 4) is 5.75 Å². The first-order valence-electron chi connectivity index (χ1n) is 10.2. The lowest BCUT2D eigenvalue weighted by Crippen LogP contribution is -2.16. The molecular weight excluding hydrogens is 699 g/mol. The Bertz CT molecular complexity index is 1380. The van der Waals surface area contributed by atoms with Crippen LogP contribution in [0.2, 0.25) is 45.2 Å². The molecule has 0 fully saturated rings. The van der Waals surface area contributed by atoms with Crippen LogP contribution in [0, 0.1) is 0 Å². The molecular formula is C25H11Cl9O3S. The molecule has 4 aromatic carbocycles. The van der Waals surface area contributed by atoms with E-state index in [0.717, 1.165) is 0 Å². The number of para-hydroxylation sites is 1. The molecule has 0 radical (unpaired) electrons. The van der Waals surface area contributed by atoms with Gasteiger partial charge in [0.05, 0.1) is 44.8 Å². The van der Waals surface area contributed by atoms with E-state index in [9.17, 15) is 9.90 Å². The standard InChI is InChI=1S/C25H11Cl9O3S/c26-11-5-15(29)22(16(30)6-11)38(23-17(31)7-12(27)8-18(23)32,24-19(33)9-13(28)10-20(24)34)37-25(36)14-3-1-2-4-21(14)35/h1-10,35H. The van der Waals surface area contributed by atoms with Crippen LogP contribution in [-0.2, 0) is 4.18 Å². The minimum atomic E-state index is -3.56. The monoisotopic (exact) mass is 706 g/mol. The molecule has 4 aromatic rings. The van der Waals surface area contributed by atoms with E-state index < -0.39 is 16.3 Å². The maximum absolute atomic E-state index is 13.8. The van der Waals surface area contributed by atoms with Gasteiger partial charge in [-0.2, -0.15) is 0 Å². The summed E-state index contributed by atoms with van der Waals surface area (Å²) >= 11 is 59.1. The maximum atomic E-state index is 13.8. The smallest absolute Gasteiger partial charge is 0.353 e. The van der Waals surface area contributed by atoms with E-state index in [-0.39, 0.29) is 71.2 Å². The number of phenols is 1. The zero-order chi connectivity index (χ0) is 27.9. The van der Waals surface area contributed by atoms with Crippen LogP contribution in [0.3, 0.4) is 0 Å². The SMILES string of the molecule is O=C(OS(c1c(Cl)cc(Cl)cc1Cl)(c1c(Cl)cc(Cl)cc1Cl)c1c(Cl)cc(Cl)cc1Cl)c1ccccc1O. The van der Waals surface area contributed by atoms with Crippen molar-refractivity contribution in [1.82, 2.24) is 0 Å². The van der Waals surface area contributed by atoms with Crippen molar-refractivity contribution in [1.29, 1.82) is 0 Å². The van der Waals surface area contributed by atoms with Crippen LogP contribution >= 0.6 is 115 Å². The van der Waals surface area contributed by atoms with E-state index in [0.29, 0.717) is 0 Å². The highest BCUT2D eigenvalue weighted by Gasteiger charge is 2.46. The van der Waals surface area contributed by atoms with Gasteiger partial charge in [0.25, 0.3) is 0 Å². The molecule has 3 nitrogen and oxygen atoms in total. The molecule has 0 spiro atoms. The largest absolute Gasteiger partial charge is 0.507 e. The van der Waals surface area contributed by atoms with E-state index in [2.05, 4.69) is 0 Å². The van der Waals surface area contributed by atoms with E-state index >= 15 is 0 Å². The maximum Gasteiger partial charge on any atom is 0.353 e. The predicted molar refractivity (Wildman–Crippen MR) is 160 cm³/mol. The van der Waals surface area contributed by atoms with Gasteiger partial charge in [0.15, 0.2) is 0 Å². The first kappa shape index (κ1) is 30.1. The Hall–Kier alpha value is -0.890. The average Bonchev–Trinajstić information content (AvgIpc) is 2.77. The van der Waals surface area contributed by atoms with E-state index in [1.54, 1.807) is 12.1 Å². The molecule has 198 valence electrons. The number of aromatic hydroxyl groups is 1. The van der Waals surface area contributed by atoms with Gasteiger partial charge in [0, 0.05) is 25.4 Å². The third-order valence-electron chi connectivity index (χ3n) is 5.08. The van der Waals surface area contributed by atoms with Gasteiger partial charge >= 0.3 is 5.97 Å². The number of rotatable bonds is 5. The van der Waals surface area contributed by atoms with Gasteiger partial charge in [-0.3, -0.25) is 0 Å². The third-order valence-corrected chi connectivity index (χ3v) is 11.6. The topological polar surface area (TPSA) is 46.5 Å². The summed E-state index contributed by atoms with van der Waals surface area (Å²) in [6.45, 7) is 0. The molecule has 0 aromatic heterocycles. The molecule has 0 aliphatic heterocycles. The summed E-state index contributed by atoms with van der Waals surface area (Å²) in [6.07, 6.45) is 0. The van der Waals surface area contributed by atoms with Crippen molar-refractivity contribution in [3.63, 3.8) is 0 Å². The molecule has 0 saturated heterocycles. The number of carbonyl (C=O) groups is 1. The Balaban J connectivity index is 2.25. The quantitative estimate of drug-likeness (QED) is 0.224. The molecule has 0 amide bonds. The van der Waals surface area contributed by atoms with Crippen LogP contribution in [0.4, 0.5) is 0 Å². The number of halogens is 9. The number of hydrogen-bond donors (Lipinski definition) is 1. The van der Waals surface area contributed by atoms with Crippen LogP contribution < -0.4 is 0 Å². The molecule has 0 aliphatic rings. The molecule has 38 heavy (non-hydrogen) atoms. The summed E-state index contributed by atoms with van der Waals surface area (Å²) in [5, 5.41) is 11.0. The average molecular weight is 711 g/mol. The summed E-state index contributed by atoms with van der Waals surface area (Å²) in [5.41, 5.74) is -0.173. The highest BCUT2D eigenvalue weighted by molar-refractivity contribution is 8.30. The van der Waals surface area contributed by atoms with E-state index in [1.165, 1.54) is 48.5 Å². The molecule has 0 heterocycles. The number of phenolic OH excluding ortho intramolecular Hbond substituents is 1. The first-order chi connectivity index (χ1) is 17.9. The second kappa shape index (κ2) is 11.9. The lowest BCUT2D eigenvalue weighted by atomic mass is 10.2. The summed E-state index contributed by atoms with van der Waals surface area (Å²) in [6, 6.07) is 14.2. The number of benzene rings is 4. The Labute approximate surface area is 264 Å². The zero-order valence-electron chi connectivity index (χ0n) is 18.3. The van der Waals surface area contributed by atoms with Crippen molar-refractivity contribution >= 4 is 121 Å². The minimum absolute atomic E-state index is 0.00764. The van der Waals surface area contributed by atoms with Crippen molar-refractivity contribution in [2.45, 2.75) is 14.7 Å². The molecule has 0 unspecified atom stereocenters.